The van der Waals surface area contributed by atoms with Crippen molar-refractivity contribution in [2.75, 3.05) is 5.32 Å². The van der Waals surface area contributed by atoms with Gasteiger partial charge in [0.05, 0.1) is 6.04 Å². The van der Waals surface area contributed by atoms with E-state index in [0.29, 0.717) is 5.13 Å². The maximum atomic E-state index is 11.8. The van der Waals surface area contributed by atoms with E-state index < -0.39 is 6.04 Å². The van der Waals surface area contributed by atoms with Crippen molar-refractivity contribution in [2.45, 2.75) is 30.0 Å². The molecule has 5 nitrogen and oxygen atoms in total. The summed E-state index contributed by atoms with van der Waals surface area (Å²) in [6, 6.07) is 3.59. The molecule has 2 aromatic heterocycles. The average molecular weight is 328 g/mol. The van der Waals surface area contributed by atoms with Crippen molar-refractivity contribution in [1.29, 1.82) is 0 Å². The predicted octanol–water partition coefficient (Wildman–Crippen LogP) is 2.81. The second kappa shape index (κ2) is 7.16. The van der Waals surface area contributed by atoms with Crippen LogP contribution in [0.25, 0.3) is 0 Å². The second-order valence-electron chi connectivity index (χ2n) is 4.50. The third-order valence-corrected chi connectivity index (χ3v) is 5.66. The number of amides is 1. The first-order valence-corrected chi connectivity index (χ1v) is 8.79. The summed E-state index contributed by atoms with van der Waals surface area (Å²) in [6.07, 6.45) is 0. The molecule has 0 unspecified atom stereocenters. The van der Waals surface area contributed by atoms with E-state index in [1.165, 1.54) is 16.2 Å². The van der Waals surface area contributed by atoms with Gasteiger partial charge in [-0.25, -0.2) is 0 Å². The minimum absolute atomic E-state index is 0.0931. The van der Waals surface area contributed by atoms with Crippen molar-refractivity contribution in [3.63, 3.8) is 0 Å². The Bertz CT molecular complexity index is 553. The van der Waals surface area contributed by atoms with Crippen LogP contribution in [0.4, 0.5) is 5.13 Å². The summed E-state index contributed by atoms with van der Waals surface area (Å²) in [5, 5.41) is 13.3. The summed E-state index contributed by atoms with van der Waals surface area (Å²) in [5.74, 6) is 0.743. The smallest absolute Gasteiger partial charge is 0.243 e. The fourth-order valence-electron chi connectivity index (χ4n) is 1.34. The molecule has 0 aliphatic rings. The lowest BCUT2D eigenvalue weighted by molar-refractivity contribution is -0.118. The Labute approximate surface area is 130 Å². The highest BCUT2D eigenvalue weighted by molar-refractivity contribution is 8.00. The van der Waals surface area contributed by atoms with Crippen LogP contribution >= 0.6 is 34.4 Å². The molecule has 0 saturated heterocycles. The summed E-state index contributed by atoms with van der Waals surface area (Å²) < 4.78 is 0.840. The molecular weight excluding hydrogens is 312 g/mol. The molecular formula is C12H16N4OS3. The second-order valence-corrected chi connectivity index (χ2v) is 7.73. The van der Waals surface area contributed by atoms with Gasteiger partial charge in [0.2, 0.25) is 11.0 Å². The molecule has 0 radical (unpaired) electrons. The Hall–Kier alpha value is -0.960. The molecule has 8 heteroatoms. The van der Waals surface area contributed by atoms with Gasteiger partial charge in [0.15, 0.2) is 4.34 Å². The summed E-state index contributed by atoms with van der Waals surface area (Å²) >= 11 is 4.70. The van der Waals surface area contributed by atoms with E-state index in [9.17, 15) is 4.79 Å². The fourth-order valence-corrected chi connectivity index (χ4v) is 3.87. The number of hydrogen-bond donors (Lipinski definition) is 2. The van der Waals surface area contributed by atoms with Crippen molar-refractivity contribution < 1.29 is 4.79 Å². The summed E-state index contributed by atoms with van der Waals surface area (Å²) in [5.41, 5.74) is 5.78. The molecule has 0 fully saturated rings. The van der Waals surface area contributed by atoms with Gasteiger partial charge in [-0.1, -0.05) is 43.0 Å². The van der Waals surface area contributed by atoms with Crippen LogP contribution < -0.4 is 11.1 Å². The third-order valence-electron chi connectivity index (χ3n) is 2.58. The van der Waals surface area contributed by atoms with Gasteiger partial charge in [0, 0.05) is 10.6 Å². The molecule has 0 bridgehead atoms. The Morgan fingerprint density at radius 2 is 2.30 bits per heavy atom. The number of thioether (sulfide) groups is 1. The lowest BCUT2D eigenvalue weighted by atomic mass is 10.1. The number of rotatable bonds is 6. The van der Waals surface area contributed by atoms with Crippen LogP contribution in [-0.4, -0.2) is 22.1 Å². The molecule has 2 heterocycles. The highest BCUT2D eigenvalue weighted by atomic mass is 32.2. The SMILES string of the molecule is CC(C)[C@H](N)C(=O)Nc1nnc(SCc2cccs2)s1. The molecule has 2 aromatic rings. The quantitative estimate of drug-likeness (QED) is 0.629. The molecule has 0 spiro atoms. The maximum absolute atomic E-state index is 11.8. The Morgan fingerprint density at radius 3 is 2.95 bits per heavy atom. The summed E-state index contributed by atoms with van der Waals surface area (Å²) in [7, 11) is 0. The normalized spacial score (nSPS) is 12.6. The lowest BCUT2D eigenvalue weighted by Gasteiger charge is -2.13. The first kappa shape index (κ1) is 15.4. The van der Waals surface area contributed by atoms with Crippen LogP contribution in [-0.2, 0) is 10.5 Å². The molecule has 20 heavy (non-hydrogen) atoms. The van der Waals surface area contributed by atoms with E-state index in [0.717, 1.165) is 10.1 Å². The van der Waals surface area contributed by atoms with Crippen molar-refractivity contribution in [1.82, 2.24) is 10.2 Å². The lowest BCUT2D eigenvalue weighted by Crippen LogP contribution is -2.39. The van der Waals surface area contributed by atoms with Gasteiger partial charge in [-0.15, -0.1) is 21.5 Å². The topological polar surface area (TPSA) is 80.9 Å². The van der Waals surface area contributed by atoms with E-state index in [1.54, 1.807) is 23.1 Å². The number of nitrogens with one attached hydrogen (secondary N) is 1. The number of nitrogens with two attached hydrogens (primary N) is 1. The number of aromatic nitrogens is 2. The summed E-state index contributed by atoms with van der Waals surface area (Å²) in [6.45, 7) is 3.82. The largest absolute Gasteiger partial charge is 0.320 e. The highest BCUT2D eigenvalue weighted by Gasteiger charge is 2.18. The highest BCUT2D eigenvalue weighted by Crippen LogP contribution is 2.29. The number of carbonyl (C=O) groups excluding carboxylic acids is 1. The van der Waals surface area contributed by atoms with Crippen LogP contribution in [0.1, 0.15) is 18.7 Å². The van der Waals surface area contributed by atoms with Gasteiger partial charge >= 0.3 is 0 Å². The Balaban J connectivity index is 1.87. The minimum Gasteiger partial charge on any atom is -0.320 e. The van der Waals surface area contributed by atoms with E-state index in [4.69, 9.17) is 5.73 Å². The summed E-state index contributed by atoms with van der Waals surface area (Å²) in [4.78, 5) is 13.1. The van der Waals surface area contributed by atoms with Crippen LogP contribution in [0.2, 0.25) is 0 Å². The van der Waals surface area contributed by atoms with Crippen molar-refractivity contribution in [2.24, 2.45) is 11.7 Å². The molecule has 0 aliphatic carbocycles. The number of nitrogens with zero attached hydrogens (tertiary/aromatic N) is 2. The van der Waals surface area contributed by atoms with E-state index in [-0.39, 0.29) is 11.8 Å². The molecule has 0 saturated carbocycles. The zero-order valence-corrected chi connectivity index (χ0v) is 13.6. The van der Waals surface area contributed by atoms with E-state index in [1.807, 2.05) is 19.9 Å². The van der Waals surface area contributed by atoms with Crippen molar-refractivity contribution >= 4 is 45.5 Å². The fraction of sp³-hybridized carbons (Fsp3) is 0.417. The monoisotopic (exact) mass is 328 g/mol. The van der Waals surface area contributed by atoms with Gasteiger partial charge in [-0.3, -0.25) is 10.1 Å². The molecule has 1 atom stereocenters. The Morgan fingerprint density at radius 1 is 1.50 bits per heavy atom. The van der Waals surface area contributed by atoms with Gasteiger partial charge in [-0.2, -0.15) is 0 Å². The molecule has 0 aromatic carbocycles. The van der Waals surface area contributed by atoms with Crippen molar-refractivity contribution in [3.8, 4) is 0 Å². The molecule has 108 valence electrons. The van der Waals surface area contributed by atoms with Gasteiger partial charge in [0.25, 0.3) is 0 Å². The minimum atomic E-state index is -0.527. The van der Waals surface area contributed by atoms with Crippen LogP contribution in [0.3, 0.4) is 0 Å². The first-order valence-electron chi connectivity index (χ1n) is 6.11. The van der Waals surface area contributed by atoms with Crippen LogP contribution in [0.5, 0.6) is 0 Å². The zero-order chi connectivity index (χ0) is 14.5. The maximum Gasteiger partial charge on any atom is 0.243 e. The van der Waals surface area contributed by atoms with Gasteiger partial charge < -0.3 is 5.73 Å². The average Bonchev–Trinajstić information content (AvgIpc) is 3.06. The predicted molar refractivity (Wildman–Crippen MR) is 85.2 cm³/mol. The third kappa shape index (κ3) is 4.27. The first-order chi connectivity index (χ1) is 9.56. The number of thiophene rings is 1. The number of hydrogen-bond acceptors (Lipinski definition) is 7. The van der Waals surface area contributed by atoms with Gasteiger partial charge in [0.1, 0.15) is 0 Å². The zero-order valence-electron chi connectivity index (χ0n) is 11.2. The van der Waals surface area contributed by atoms with Crippen LogP contribution in [0, 0.1) is 5.92 Å². The molecule has 2 rings (SSSR count). The number of anilines is 1. The van der Waals surface area contributed by atoms with Gasteiger partial charge in [-0.05, 0) is 17.4 Å². The number of carbonyl (C=O) groups is 1. The van der Waals surface area contributed by atoms with E-state index in [2.05, 4.69) is 27.0 Å². The standard InChI is InChI=1S/C12H16N4OS3/c1-7(2)9(13)10(17)14-11-15-16-12(20-11)19-6-8-4-3-5-18-8/h3-5,7,9H,6,13H2,1-2H3,(H,14,15,17)/t9-/m0/s1. The van der Waals surface area contributed by atoms with E-state index >= 15 is 0 Å². The molecule has 3 N–H and O–H groups in total. The van der Waals surface area contributed by atoms with Crippen LogP contribution in [0.15, 0.2) is 21.9 Å². The Kier molecular flexibility index (Phi) is 5.53. The molecule has 1 amide bonds. The molecule has 0 aliphatic heterocycles. The van der Waals surface area contributed by atoms with Crippen molar-refractivity contribution in [3.05, 3.63) is 22.4 Å².